The minimum Gasteiger partial charge on any atom is -0.508 e. The van der Waals surface area contributed by atoms with Crippen LogP contribution in [0.25, 0.3) is 31.7 Å². The van der Waals surface area contributed by atoms with Gasteiger partial charge in [-0.05, 0) is 93.4 Å². The first-order valence-electron chi connectivity index (χ1n) is 12.1. The number of fused-ring (bicyclic) bond motifs is 1. The Balaban J connectivity index is 0.00000289. The second-order valence-electron chi connectivity index (χ2n) is 9.11. The van der Waals surface area contributed by atoms with Gasteiger partial charge in [-0.1, -0.05) is 24.6 Å². The summed E-state index contributed by atoms with van der Waals surface area (Å²) in [5.74, 6) is 1.38. The van der Waals surface area contributed by atoms with E-state index in [1.54, 1.807) is 29.5 Å². The van der Waals surface area contributed by atoms with Gasteiger partial charge in [-0.15, -0.1) is 23.7 Å². The summed E-state index contributed by atoms with van der Waals surface area (Å²) < 4.78 is 7.41. The second kappa shape index (κ2) is 11.3. The number of phenolic OH excluding ortho intramolecular Hbond substituents is 2. The maximum Gasteiger partial charge on any atom is 0.127 e. The fourth-order valence-corrected chi connectivity index (χ4v) is 6.10. The lowest BCUT2D eigenvalue weighted by molar-refractivity contribution is 0.149. The van der Waals surface area contributed by atoms with Crippen LogP contribution in [0, 0.1) is 0 Å². The molecule has 184 valence electrons. The number of halogens is 1. The molecule has 1 fully saturated rings. The van der Waals surface area contributed by atoms with Crippen molar-refractivity contribution in [1.82, 2.24) is 4.90 Å². The van der Waals surface area contributed by atoms with Gasteiger partial charge in [0.15, 0.2) is 0 Å². The maximum absolute atomic E-state index is 10.1. The minimum atomic E-state index is 0. The van der Waals surface area contributed by atoms with E-state index in [1.165, 1.54) is 32.4 Å². The van der Waals surface area contributed by atoms with E-state index >= 15 is 0 Å². The molecular formula is C29H32ClNO3S. The number of ether oxygens (including phenoxy) is 1. The molecule has 0 aliphatic carbocycles. The van der Waals surface area contributed by atoms with Crippen molar-refractivity contribution in [2.24, 2.45) is 0 Å². The predicted octanol–water partition coefficient (Wildman–Crippen LogP) is 7.71. The number of hydrogen-bond acceptors (Lipinski definition) is 5. The van der Waals surface area contributed by atoms with E-state index in [1.807, 2.05) is 42.5 Å². The number of para-hydroxylation sites is 1. The average Bonchev–Trinajstić information content (AvgIpc) is 3.23. The first kappa shape index (κ1) is 25.4. The minimum absolute atomic E-state index is 0. The van der Waals surface area contributed by atoms with Gasteiger partial charge in [-0.25, -0.2) is 0 Å². The van der Waals surface area contributed by atoms with Crippen LogP contribution in [0.4, 0.5) is 0 Å². The molecule has 1 aliphatic rings. The Hall–Kier alpha value is -2.73. The van der Waals surface area contributed by atoms with Gasteiger partial charge in [-0.3, -0.25) is 0 Å². The van der Waals surface area contributed by atoms with E-state index < -0.39 is 0 Å². The van der Waals surface area contributed by atoms with Gasteiger partial charge in [0.05, 0.1) is 6.61 Å². The van der Waals surface area contributed by atoms with Crippen LogP contribution in [0.15, 0.2) is 66.7 Å². The third-order valence-corrected chi connectivity index (χ3v) is 7.97. The van der Waals surface area contributed by atoms with Gasteiger partial charge in [0.2, 0.25) is 0 Å². The number of rotatable bonds is 7. The van der Waals surface area contributed by atoms with Crippen LogP contribution in [-0.4, -0.2) is 40.9 Å². The molecular weight excluding hydrogens is 478 g/mol. The Labute approximate surface area is 217 Å². The average molecular weight is 510 g/mol. The summed E-state index contributed by atoms with van der Waals surface area (Å²) in [6.07, 6.45) is 4.95. The SMILES string of the molecule is CC(CCOc1ccccc1-c1c(-c2ccc(O)cc2)sc2cc(O)ccc12)N1CCCCC1.Cl. The Kier molecular flexibility index (Phi) is 8.22. The summed E-state index contributed by atoms with van der Waals surface area (Å²) in [4.78, 5) is 3.68. The molecule has 1 aliphatic heterocycles. The second-order valence-corrected chi connectivity index (χ2v) is 10.2. The monoisotopic (exact) mass is 509 g/mol. The normalized spacial score (nSPS) is 15.0. The topological polar surface area (TPSA) is 52.9 Å². The van der Waals surface area contributed by atoms with E-state index in [4.69, 9.17) is 4.74 Å². The molecule has 0 bridgehead atoms. The lowest BCUT2D eigenvalue weighted by atomic mass is 9.98. The van der Waals surface area contributed by atoms with Crippen molar-refractivity contribution >= 4 is 33.8 Å². The highest BCUT2D eigenvalue weighted by Crippen LogP contribution is 2.48. The highest BCUT2D eigenvalue weighted by Gasteiger charge is 2.20. The van der Waals surface area contributed by atoms with Gasteiger partial charge in [0.25, 0.3) is 0 Å². The van der Waals surface area contributed by atoms with E-state index in [2.05, 4.69) is 17.9 Å². The van der Waals surface area contributed by atoms with E-state index in [0.29, 0.717) is 12.6 Å². The molecule has 35 heavy (non-hydrogen) atoms. The molecule has 4 nitrogen and oxygen atoms in total. The number of piperidine rings is 1. The Bertz CT molecular complexity index is 1260. The number of thiophene rings is 1. The number of phenols is 2. The maximum atomic E-state index is 10.1. The summed E-state index contributed by atoms with van der Waals surface area (Å²) in [5.41, 5.74) is 3.18. The lowest BCUT2D eigenvalue weighted by Gasteiger charge is -2.32. The van der Waals surface area contributed by atoms with Crippen molar-refractivity contribution in [3.05, 3.63) is 66.7 Å². The van der Waals surface area contributed by atoms with Crippen LogP contribution in [0.3, 0.4) is 0 Å². The van der Waals surface area contributed by atoms with Crippen molar-refractivity contribution in [2.75, 3.05) is 19.7 Å². The quantitative estimate of drug-likeness (QED) is 0.268. The molecule has 1 atom stereocenters. The molecule has 1 unspecified atom stereocenters. The highest BCUT2D eigenvalue weighted by molar-refractivity contribution is 7.23. The molecule has 0 spiro atoms. The number of nitrogens with zero attached hydrogens (tertiary/aromatic N) is 1. The van der Waals surface area contributed by atoms with Gasteiger partial charge >= 0.3 is 0 Å². The molecule has 6 heteroatoms. The smallest absolute Gasteiger partial charge is 0.127 e. The third-order valence-electron chi connectivity index (χ3n) is 6.77. The number of benzene rings is 3. The fraction of sp³-hybridized carbons (Fsp3) is 0.310. The molecule has 0 amide bonds. The summed E-state index contributed by atoms with van der Waals surface area (Å²) in [5, 5.41) is 21.0. The highest BCUT2D eigenvalue weighted by atomic mass is 35.5. The van der Waals surface area contributed by atoms with Crippen LogP contribution in [-0.2, 0) is 0 Å². The zero-order chi connectivity index (χ0) is 23.5. The van der Waals surface area contributed by atoms with Crippen LogP contribution in [0.2, 0.25) is 0 Å². The van der Waals surface area contributed by atoms with Crippen molar-refractivity contribution in [3.8, 4) is 38.8 Å². The molecule has 4 aromatic rings. The standard InChI is InChI=1S/C29H31NO3S.ClH/c1-20(30-16-5-2-6-17-30)15-18-33-26-8-4-3-7-24(26)28-25-14-13-23(32)19-27(25)34-29(28)21-9-11-22(31)12-10-21;/h3-4,7-14,19-20,31-32H,2,5-6,15-18H2,1H3;1H. The van der Waals surface area contributed by atoms with Crippen LogP contribution in [0.1, 0.15) is 32.6 Å². The van der Waals surface area contributed by atoms with E-state index in [9.17, 15) is 10.2 Å². The molecule has 2 heterocycles. The molecule has 3 aromatic carbocycles. The fourth-order valence-electron chi connectivity index (χ4n) is 4.85. The Morgan fingerprint density at radius 2 is 1.63 bits per heavy atom. The van der Waals surface area contributed by atoms with Gasteiger partial charge in [-0.2, -0.15) is 0 Å². The molecule has 0 radical (unpaired) electrons. The van der Waals surface area contributed by atoms with Gasteiger partial charge < -0.3 is 19.8 Å². The van der Waals surface area contributed by atoms with Gasteiger partial charge in [0, 0.05) is 32.1 Å². The Morgan fingerprint density at radius 3 is 2.40 bits per heavy atom. The first-order chi connectivity index (χ1) is 16.6. The molecule has 2 N–H and O–H groups in total. The van der Waals surface area contributed by atoms with Crippen molar-refractivity contribution in [2.45, 2.75) is 38.6 Å². The Morgan fingerprint density at radius 1 is 0.914 bits per heavy atom. The molecule has 1 saturated heterocycles. The van der Waals surface area contributed by atoms with Gasteiger partial charge in [0.1, 0.15) is 17.2 Å². The zero-order valence-corrected chi connectivity index (χ0v) is 21.6. The van der Waals surface area contributed by atoms with Crippen molar-refractivity contribution < 1.29 is 14.9 Å². The molecule has 0 saturated carbocycles. The first-order valence-corrected chi connectivity index (χ1v) is 12.9. The largest absolute Gasteiger partial charge is 0.508 e. The summed E-state index contributed by atoms with van der Waals surface area (Å²) >= 11 is 1.64. The van der Waals surface area contributed by atoms with Crippen LogP contribution >= 0.6 is 23.7 Å². The number of likely N-dealkylation sites (tertiary alicyclic amines) is 1. The number of aromatic hydroxyl groups is 2. The lowest BCUT2D eigenvalue weighted by Crippen LogP contribution is -2.38. The predicted molar refractivity (Wildman–Crippen MR) is 148 cm³/mol. The van der Waals surface area contributed by atoms with E-state index in [0.717, 1.165) is 43.8 Å². The summed E-state index contributed by atoms with van der Waals surface area (Å²) in [6.45, 7) is 5.37. The van der Waals surface area contributed by atoms with E-state index in [-0.39, 0.29) is 23.9 Å². The molecule has 1 aromatic heterocycles. The summed E-state index contributed by atoms with van der Waals surface area (Å²) in [6, 6.07) is 21.6. The van der Waals surface area contributed by atoms with Crippen LogP contribution in [0.5, 0.6) is 17.2 Å². The van der Waals surface area contributed by atoms with Crippen molar-refractivity contribution in [3.63, 3.8) is 0 Å². The number of hydrogen-bond donors (Lipinski definition) is 2. The van der Waals surface area contributed by atoms with Crippen LogP contribution < -0.4 is 4.74 Å². The van der Waals surface area contributed by atoms with Crippen molar-refractivity contribution in [1.29, 1.82) is 0 Å². The molecule has 5 rings (SSSR count). The third kappa shape index (κ3) is 5.58. The summed E-state index contributed by atoms with van der Waals surface area (Å²) in [7, 11) is 0. The zero-order valence-electron chi connectivity index (χ0n) is 19.9.